The number of methoxy groups -OCH3 is 1. The number of halogens is 1. The number of carbonyl (C=O) groups is 3. The van der Waals surface area contributed by atoms with Crippen LogP contribution in [0.15, 0.2) is 47.1 Å². The first-order chi connectivity index (χ1) is 20.5. The standard InChI is InChI=1S/C33H35BrN4O6/c1-32(2,3)43-30(40)26(37-31(41)44-33(4,5)6)10-13-29(39)38-19-25(24-16-23(34)9-11-27(24)38)22(18-36)15-21-14-20(17-35)8-12-28(21)42-7/h8-9,11-12,14-16,19,26H,10,13H2,1-7H3,(H,37,41). The Kier molecular flexibility index (Phi) is 10.6. The maximum Gasteiger partial charge on any atom is 0.408 e. The average Bonchev–Trinajstić information content (AvgIpc) is 3.30. The number of carbonyl (C=O) groups excluding carboxylic acids is 3. The van der Waals surface area contributed by atoms with Gasteiger partial charge in [-0.15, -0.1) is 0 Å². The summed E-state index contributed by atoms with van der Waals surface area (Å²) in [6.07, 6.45) is 2.17. The van der Waals surface area contributed by atoms with Gasteiger partial charge < -0.3 is 19.5 Å². The van der Waals surface area contributed by atoms with Gasteiger partial charge in [-0.25, -0.2) is 9.59 Å². The van der Waals surface area contributed by atoms with E-state index in [2.05, 4.69) is 33.4 Å². The number of allylic oxidation sites excluding steroid dienone is 1. The molecule has 0 bridgehead atoms. The summed E-state index contributed by atoms with van der Waals surface area (Å²) in [5, 5.41) is 22.7. The average molecular weight is 664 g/mol. The molecule has 0 fully saturated rings. The smallest absolute Gasteiger partial charge is 0.408 e. The first kappa shape index (κ1) is 33.9. The van der Waals surface area contributed by atoms with Crippen molar-refractivity contribution >= 4 is 56.5 Å². The van der Waals surface area contributed by atoms with Crippen molar-refractivity contribution in [2.24, 2.45) is 0 Å². The second kappa shape index (κ2) is 13.8. The van der Waals surface area contributed by atoms with E-state index in [1.54, 1.807) is 90.2 Å². The number of aromatic nitrogens is 1. The minimum absolute atomic E-state index is 0.0579. The van der Waals surface area contributed by atoms with Crippen molar-refractivity contribution in [3.63, 3.8) is 0 Å². The Balaban J connectivity index is 2.00. The third-order valence-corrected chi connectivity index (χ3v) is 6.63. The molecule has 0 aliphatic rings. The second-order valence-corrected chi connectivity index (χ2v) is 12.9. The lowest BCUT2D eigenvalue weighted by Gasteiger charge is -2.26. The SMILES string of the molecule is COc1ccc(C#N)cc1C=C(C#N)c1cn(C(=O)CCC(NC(=O)OC(C)(C)C)C(=O)OC(C)(C)C)c2ccc(Br)cc12. The normalized spacial score (nSPS) is 12.5. The summed E-state index contributed by atoms with van der Waals surface area (Å²) in [6.45, 7) is 10.2. The molecule has 1 amide bonds. The number of nitrogens with one attached hydrogen (secondary N) is 1. The van der Waals surface area contributed by atoms with Crippen molar-refractivity contribution in [3.8, 4) is 17.9 Å². The molecule has 0 saturated carbocycles. The van der Waals surface area contributed by atoms with Crippen LogP contribution < -0.4 is 10.1 Å². The Morgan fingerprint density at radius 1 is 1.02 bits per heavy atom. The van der Waals surface area contributed by atoms with E-state index in [4.69, 9.17) is 14.2 Å². The molecule has 1 atom stereocenters. The van der Waals surface area contributed by atoms with Gasteiger partial charge in [-0.05, 0) is 90.4 Å². The number of nitrogens with zero attached hydrogens (tertiary/aromatic N) is 3. The van der Waals surface area contributed by atoms with Gasteiger partial charge in [0.2, 0.25) is 5.91 Å². The third-order valence-electron chi connectivity index (χ3n) is 6.13. The molecule has 1 unspecified atom stereocenters. The lowest BCUT2D eigenvalue weighted by Crippen LogP contribution is -2.46. The highest BCUT2D eigenvalue weighted by Crippen LogP contribution is 2.33. The Morgan fingerprint density at radius 2 is 1.70 bits per heavy atom. The highest BCUT2D eigenvalue weighted by Gasteiger charge is 2.30. The molecule has 1 aromatic heterocycles. The molecule has 0 aliphatic carbocycles. The summed E-state index contributed by atoms with van der Waals surface area (Å²) >= 11 is 3.47. The number of ether oxygens (including phenoxy) is 3. The molecule has 44 heavy (non-hydrogen) atoms. The van der Waals surface area contributed by atoms with Gasteiger partial charge >= 0.3 is 12.1 Å². The third kappa shape index (κ3) is 8.95. The van der Waals surface area contributed by atoms with Crippen LogP contribution in [0.2, 0.25) is 0 Å². The van der Waals surface area contributed by atoms with E-state index in [-0.39, 0.29) is 24.3 Å². The van der Waals surface area contributed by atoms with Gasteiger partial charge in [-0.1, -0.05) is 15.9 Å². The van der Waals surface area contributed by atoms with Crippen molar-refractivity contribution in [2.45, 2.75) is 71.6 Å². The van der Waals surface area contributed by atoms with E-state index >= 15 is 0 Å². The fourth-order valence-corrected chi connectivity index (χ4v) is 4.69. The van der Waals surface area contributed by atoms with E-state index < -0.39 is 29.3 Å². The van der Waals surface area contributed by atoms with Gasteiger partial charge in [0.05, 0.1) is 35.9 Å². The van der Waals surface area contributed by atoms with Crippen LogP contribution in [0.1, 0.15) is 75.9 Å². The topological polar surface area (TPSA) is 143 Å². The van der Waals surface area contributed by atoms with Crippen molar-refractivity contribution < 1.29 is 28.6 Å². The zero-order valence-corrected chi connectivity index (χ0v) is 27.4. The molecule has 0 saturated heterocycles. The summed E-state index contributed by atoms with van der Waals surface area (Å²) in [5.41, 5.74) is 0.583. The van der Waals surface area contributed by atoms with Gasteiger partial charge in [0.25, 0.3) is 0 Å². The number of hydrogen-bond acceptors (Lipinski definition) is 8. The molecule has 3 rings (SSSR count). The maximum absolute atomic E-state index is 13.6. The molecule has 0 radical (unpaired) electrons. The Hall–Kier alpha value is -4.61. The van der Waals surface area contributed by atoms with Crippen LogP contribution in [-0.2, 0) is 14.3 Å². The van der Waals surface area contributed by atoms with Crippen LogP contribution in [0.5, 0.6) is 5.75 Å². The molecular formula is C33H35BrN4O6. The van der Waals surface area contributed by atoms with Crippen LogP contribution >= 0.6 is 15.9 Å². The van der Waals surface area contributed by atoms with Crippen molar-refractivity contribution in [2.75, 3.05) is 7.11 Å². The fraction of sp³-hybridized carbons (Fsp3) is 0.364. The molecule has 11 heteroatoms. The number of benzene rings is 2. The molecule has 0 spiro atoms. The molecule has 10 nitrogen and oxygen atoms in total. The summed E-state index contributed by atoms with van der Waals surface area (Å²) in [7, 11) is 1.49. The van der Waals surface area contributed by atoms with Crippen LogP contribution in [0, 0.1) is 22.7 Å². The molecule has 0 aliphatic heterocycles. The minimum atomic E-state index is -1.14. The van der Waals surface area contributed by atoms with E-state index in [9.17, 15) is 24.9 Å². The molecule has 1 N–H and O–H groups in total. The Morgan fingerprint density at radius 3 is 2.30 bits per heavy atom. The largest absolute Gasteiger partial charge is 0.496 e. The van der Waals surface area contributed by atoms with E-state index in [0.717, 1.165) is 4.47 Å². The molecule has 230 valence electrons. The lowest BCUT2D eigenvalue weighted by molar-refractivity contribution is -0.157. The van der Waals surface area contributed by atoms with Gasteiger partial charge in [-0.3, -0.25) is 9.36 Å². The van der Waals surface area contributed by atoms with Crippen LogP contribution in [-0.4, -0.2) is 46.9 Å². The van der Waals surface area contributed by atoms with Crippen molar-refractivity contribution in [3.05, 3.63) is 63.8 Å². The number of nitriles is 2. The Bertz CT molecular complexity index is 1700. The van der Waals surface area contributed by atoms with Crippen molar-refractivity contribution in [1.29, 1.82) is 10.5 Å². The first-order valence-electron chi connectivity index (χ1n) is 13.8. The fourth-order valence-electron chi connectivity index (χ4n) is 4.33. The molecular weight excluding hydrogens is 628 g/mol. The predicted molar refractivity (Wildman–Crippen MR) is 170 cm³/mol. The Labute approximate surface area is 265 Å². The molecule has 1 heterocycles. The van der Waals surface area contributed by atoms with E-state index in [0.29, 0.717) is 33.3 Å². The quantitative estimate of drug-likeness (QED) is 0.200. The maximum atomic E-state index is 13.6. The first-order valence-corrected chi connectivity index (χ1v) is 14.6. The van der Waals surface area contributed by atoms with Crippen LogP contribution in [0.3, 0.4) is 0 Å². The monoisotopic (exact) mass is 662 g/mol. The van der Waals surface area contributed by atoms with Gasteiger partial charge in [0, 0.05) is 33.6 Å². The summed E-state index contributed by atoms with van der Waals surface area (Å²) in [5.74, 6) is -0.589. The van der Waals surface area contributed by atoms with Gasteiger partial charge in [0.15, 0.2) is 0 Å². The summed E-state index contributed by atoms with van der Waals surface area (Å²) in [6, 6.07) is 13.4. The van der Waals surface area contributed by atoms with E-state index in [1.165, 1.54) is 11.7 Å². The van der Waals surface area contributed by atoms with Crippen LogP contribution in [0.4, 0.5) is 4.79 Å². The highest BCUT2D eigenvalue weighted by molar-refractivity contribution is 9.10. The zero-order chi connectivity index (χ0) is 32.8. The number of fused-ring (bicyclic) bond motifs is 1. The number of hydrogen-bond donors (Lipinski definition) is 1. The minimum Gasteiger partial charge on any atom is -0.496 e. The lowest BCUT2D eigenvalue weighted by atomic mass is 10.0. The molecule has 3 aromatic rings. The number of alkyl carbamates (subject to hydrolysis) is 1. The summed E-state index contributed by atoms with van der Waals surface area (Å²) in [4.78, 5) is 39.1. The van der Waals surface area contributed by atoms with Gasteiger partial charge in [0.1, 0.15) is 23.0 Å². The number of esters is 1. The van der Waals surface area contributed by atoms with Crippen molar-refractivity contribution in [1.82, 2.24) is 9.88 Å². The summed E-state index contributed by atoms with van der Waals surface area (Å²) < 4.78 is 18.4. The number of amides is 1. The zero-order valence-electron chi connectivity index (χ0n) is 25.8. The highest BCUT2D eigenvalue weighted by atomic mass is 79.9. The second-order valence-electron chi connectivity index (χ2n) is 12.0. The van der Waals surface area contributed by atoms with E-state index in [1.807, 2.05) is 0 Å². The number of rotatable bonds is 8. The van der Waals surface area contributed by atoms with Gasteiger partial charge in [-0.2, -0.15) is 10.5 Å². The molecule has 2 aromatic carbocycles. The predicted octanol–water partition coefficient (Wildman–Crippen LogP) is 7.00. The van der Waals surface area contributed by atoms with Crippen LogP contribution in [0.25, 0.3) is 22.6 Å².